The van der Waals surface area contributed by atoms with E-state index in [1.807, 2.05) is 6.07 Å². The molecule has 1 fully saturated rings. The summed E-state index contributed by atoms with van der Waals surface area (Å²) in [4.78, 5) is 16.4. The van der Waals surface area contributed by atoms with Crippen molar-refractivity contribution in [2.45, 2.75) is 37.7 Å². The summed E-state index contributed by atoms with van der Waals surface area (Å²) in [7, 11) is 1.52. The molecule has 0 saturated heterocycles. The van der Waals surface area contributed by atoms with Gasteiger partial charge in [0, 0.05) is 12.0 Å². The molecular weight excluding hydrogens is 286 g/mol. The highest BCUT2D eigenvalue weighted by Crippen LogP contribution is 2.41. The number of carboxylic acid groups (broad SMARTS) is 1. The number of carboxylic acids is 1. The molecule has 1 saturated carbocycles. The number of methoxy groups -OCH3 is 1. The predicted octanol–water partition coefficient (Wildman–Crippen LogP) is 2.60. The molecule has 0 aromatic heterocycles. The smallest absolute Gasteiger partial charge is 0.341 e. The Bertz CT molecular complexity index is 605. The molecule has 3 rings (SSSR count). The molecule has 118 valence electrons. The molecule has 6 heteroatoms. The maximum absolute atomic E-state index is 10.7. The summed E-state index contributed by atoms with van der Waals surface area (Å²) in [6.45, 7) is -0.410. The third kappa shape index (κ3) is 2.86. The van der Waals surface area contributed by atoms with E-state index in [4.69, 9.17) is 19.4 Å². The van der Waals surface area contributed by atoms with Crippen molar-refractivity contribution in [2.75, 3.05) is 13.7 Å². The minimum absolute atomic E-state index is 0.128. The van der Waals surface area contributed by atoms with Gasteiger partial charge < -0.3 is 19.4 Å². The van der Waals surface area contributed by atoms with Crippen LogP contribution in [0, 0.1) is 0 Å². The van der Waals surface area contributed by atoms with E-state index >= 15 is 0 Å². The molecule has 1 aromatic rings. The fourth-order valence-corrected chi connectivity index (χ4v) is 3.07. The Kier molecular flexibility index (Phi) is 3.92. The quantitative estimate of drug-likeness (QED) is 0.904. The maximum atomic E-state index is 10.7. The summed E-state index contributed by atoms with van der Waals surface area (Å²) in [6.07, 6.45) is 5.23. The van der Waals surface area contributed by atoms with Gasteiger partial charge in [0.1, 0.15) is 5.60 Å². The van der Waals surface area contributed by atoms with Gasteiger partial charge in [0.15, 0.2) is 18.1 Å². The summed E-state index contributed by atoms with van der Waals surface area (Å²) in [5, 5.41) is 13.0. The van der Waals surface area contributed by atoms with Crippen LogP contribution in [0.2, 0.25) is 0 Å². The van der Waals surface area contributed by atoms with Crippen molar-refractivity contribution >= 4 is 11.7 Å². The standard InChI is InChI=1S/C16H19NO5/c1-20-13-5-4-11(8-14(13)21-10-15(18)19)12-9-16(22-17-12)6-2-3-7-16/h4-5,8H,2-3,6-7,9-10H2,1H3,(H,18,19). The van der Waals surface area contributed by atoms with E-state index in [-0.39, 0.29) is 5.60 Å². The monoisotopic (exact) mass is 305 g/mol. The number of carbonyl (C=O) groups is 1. The Labute approximate surface area is 128 Å². The van der Waals surface area contributed by atoms with Gasteiger partial charge in [-0.25, -0.2) is 4.79 Å². The second-order valence-electron chi connectivity index (χ2n) is 5.74. The molecule has 1 aliphatic carbocycles. The van der Waals surface area contributed by atoms with Crippen molar-refractivity contribution in [2.24, 2.45) is 5.16 Å². The number of benzene rings is 1. The molecule has 0 unspecified atom stereocenters. The summed E-state index contributed by atoms with van der Waals surface area (Å²) in [5.41, 5.74) is 1.63. The average molecular weight is 305 g/mol. The van der Waals surface area contributed by atoms with Crippen LogP contribution in [0.3, 0.4) is 0 Å². The number of rotatable bonds is 5. The van der Waals surface area contributed by atoms with E-state index in [1.165, 1.54) is 20.0 Å². The highest BCUT2D eigenvalue weighted by Gasteiger charge is 2.42. The molecule has 22 heavy (non-hydrogen) atoms. The van der Waals surface area contributed by atoms with Gasteiger partial charge in [0.2, 0.25) is 0 Å². The van der Waals surface area contributed by atoms with Crippen LogP contribution >= 0.6 is 0 Å². The highest BCUT2D eigenvalue weighted by molar-refractivity contribution is 6.02. The molecule has 0 bridgehead atoms. The average Bonchev–Trinajstić information content (AvgIpc) is 3.15. The lowest BCUT2D eigenvalue weighted by molar-refractivity contribution is -0.139. The molecule has 1 aliphatic heterocycles. The molecule has 6 nitrogen and oxygen atoms in total. The number of nitrogens with zero attached hydrogens (tertiary/aromatic N) is 1. The molecule has 1 N–H and O–H groups in total. The van der Waals surface area contributed by atoms with Gasteiger partial charge in [-0.1, -0.05) is 5.16 Å². The fraction of sp³-hybridized carbons (Fsp3) is 0.500. The summed E-state index contributed by atoms with van der Waals surface area (Å²) in [6, 6.07) is 5.41. The van der Waals surface area contributed by atoms with E-state index in [0.717, 1.165) is 30.5 Å². The van der Waals surface area contributed by atoms with Gasteiger partial charge in [0.05, 0.1) is 12.8 Å². The third-order valence-corrected chi connectivity index (χ3v) is 4.20. The zero-order valence-corrected chi connectivity index (χ0v) is 12.5. The molecule has 0 amide bonds. The minimum atomic E-state index is -1.03. The van der Waals surface area contributed by atoms with Crippen LogP contribution in [0.15, 0.2) is 23.4 Å². The van der Waals surface area contributed by atoms with Gasteiger partial charge in [-0.05, 0) is 43.9 Å². The van der Waals surface area contributed by atoms with Gasteiger partial charge in [-0.15, -0.1) is 0 Å². The first-order chi connectivity index (χ1) is 10.6. The summed E-state index contributed by atoms with van der Waals surface area (Å²) >= 11 is 0. The number of hydrogen-bond acceptors (Lipinski definition) is 5. The van der Waals surface area contributed by atoms with Crippen LogP contribution in [-0.2, 0) is 9.63 Å². The Hall–Kier alpha value is -2.24. The van der Waals surface area contributed by atoms with Gasteiger partial charge in [0.25, 0.3) is 0 Å². The number of ether oxygens (including phenoxy) is 2. The lowest BCUT2D eigenvalue weighted by Gasteiger charge is -2.19. The van der Waals surface area contributed by atoms with Crippen LogP contribution in [0.5, 0.6) is 11.5 Å². The van der Waals surface area contributed by atoms with Gasteiger partial charge in [-0.2, -0.15) is 0 Å². The van der Waals surface area contributed by atoms with Crippen LogP contribution in [0.25, 0.3) is 0 Å². The van der Waals surface area contributed by atoms with Crippen molar-refractivity contribution in [1.82, 2.24) is 0 Å². The largest absolute Gasteiger partial charge is 0.493 e. The van der Waals surface area contributed by atoms with Crippen molar-refractivity contribution in [3.8, 4) is 11.5 Å². The number of aliphatic carboxylic acids is 1. The lowest BCUT2D eigenvalue weighted by Crippen LogP contribution is -2.24. The van der Waals surface area contributed by atoms with E-state index in [1.54, 1.807) is 12.1 Å². The number of oxime groups is 1. The zero-order chi connectivity index (χ0) is 15.6. The fourth-order valence-electron chi connectivity index (χ4n) is 3.07. The predicted molar refractivity (Wildman–Crippen MR) is 79.6 cm³/mol. The molecule has 1 heterocycles. The highest BCUT2D eigenvalue weighted by atomic mass is 16.7. The summed E-state index contributed by atoms with van der Waals surface area (Å²) in [5.74, 6) is -0.128. The molecular formula is C16H19NO5. The molecule has 1 spiro atoms. The minimum Gasteiger partial charge on any atom is -0.493 e. The van der Waals surface area contributed by atoms with Crippen molar-refractivity contribution in [3.63, 3.8) is 0 Å². The van der Waals surface area contributed by atoms with Crippen LogP contribution in [0.4, 0.5) is 0 Å². The van der Waals surface area contributed by atoms with Crippen LogP contribution in [0.1, 0.15) is 37.7 Å². The first kappa shape index (κ1) is 14.7. The Morgan fingerprint density at radius 3 is 2.82 bits per heavy atom. The molecule has 1 aromatic carbocycles. The van der Waals surface area contributed by atoms with E-state index in [9.17, 15) is 4.79 Å². The van der Waals surface area contributed by atoms with E-state index in [2.05, 4.69) is 5.16 Å². The first-order valence-corrected chi connectivity index (χ1v) is 7.40. The SMILES string of the molecule is COc1ccc(C2=NOC3(CCCC3)C2)cc1OCC(=O)O. The lowest BCUT2D eigenvalue weighted by atomic mass is 9.93. The summed E-state index contributed by atoms with van der Waals surface area (Å²) < 4.78 is 10.5. The first-order valence-electron chi connectivity index (χ1n) is 7.40. The van der Waals surface area contributed by atoms with Gasteiger partial charge in [-0.3, -0.25) is 0 Å². The van der Waals surface area contributed by atoms with E-state index in [0.29, 0.717) is 11.5 Å². The molecule has 0 atom stereocenters. The van der Waals surface area contributed by atoms with Crippen molar-refractivity contribution < 1.29 is 24.2 Å². The second-order valence-corrected chi connectivity index (χ2v) is 5.74. The molecule has 0 radical (unpaired) electrons. The van der Waals surface area contributed by atoms with Gasteiger partial charge >= 0.3 is 5.97 Å². The van der Waals surface area contributed by atoms with Crippen molar-refractivity contribution in [3.05, 3.63) is 23.8 Å². The van der Waals surface area contributed by atoms with Crippen molar-refractivity contribution in [1.29, 1.82) is 0 Å². The van der Waals surface area contributed by atoms with Crippen LogP contribution in [-0.4, -0.2) is 36.1 Å². The topological polar surface area (TPSA) is 77.3 Å². The Morgan fingerprint density at radius 2 is 2.14 bits per heavy atom. The Balaban J connectivity index is 1.79. The third-order valence-electron chi connectivity index (χ3n) is 4.20. The zero-order valence-electron chi connectivity index (χ0n) is 12.5. The number of hydrogen-bond donors (Lipinski definition) is 1. The second kappa shape index (κ2) is 5.87. The van der Waals surface area contributed by atoms with E-state index < -0.39 is 12.6 Å². The van der Waals surface area contributed by atoms with Crippen LogP contribution < -0.4 is 9.47 Å². The normalized spacial score (nSPS) is 18.9. The maximum Gasteiger partial charge on any atom is 0.341 e. The Morgan fingerprint density at radius 1 is 1.36 bits per heavy atom. The molecule has 2 aliphatic rings.